The van der Waals surface area contributed by atoms with Crippen LogP contribution in [0.2, 0.25) is 0 Å². The van der Waals surface area contributed by atoms with E-state index in [1.807, 2.05) is 0 Å². The van der Waals surface area contributed by atoms with Crippen molar-refractivity contribution in [2.24, 2.45) is 5.41 Å². The summed E-state index contributed by atoms with van der Waals surface area (Å²) >= 11 is 4.87. The third kappa shape index (κ3) is 4.83. The van der Waals surface area contributed by atoms with E-state index >= 15 is 0 Å². The van der Waals surface area contributed by atoms with Gasteiger partial charge in [-0.3, -0.25) is 0 Å². The van der Waals surface area contributed by atoms with E-state index in [0.717, 1.165) is 5.75 Å². The molecule has 0 fully saturated rings. The van der Waals surface area contributed by atoms with Gasteiger partial charge in [0.25, 0.3) is 0 Å². The van der Waals surface area contributed by atoms with Crippen LogP contribution >= 0.6 is 12.6 Å². The van der Waals surface area contributed by atoms with E-state index in [1.165, 1.54) is 19.3 Å². The summed E-state index contributed by atoms with van der Waals surface area (Å²) in [6.07, 6.45) is 3.76. The second-order valence-electron chi connectivity index (χ2n) is 3.33. The molecule has 0 aromatic rings. The number of hydrogen-bond acceptors (Lipinski definition) is 0. The molecule has 0 rings (SSSR count). The zero-order chi connectivity index (χ0) is 7.33. The van der Waals surface area contributed by atoms with E-state index in [4.69, 9.17) is 12.6 Å². The Morgan fingerprint density at radius 2 is 1.89 bits per heavy atom. The molecule has 0 N–H and O–H groups in total. The molecule has 0 nitrogen and oxygen atoms in total. The monoisotopic (exact) mass is 145 g/mol. The van der Waals surface area contributed by atoms with E-state index in [1.54, 1.807) is 0 Å². The van der Waals surface area contributed by atoms with Gasteiger partial charge < -0.3 is 0 Å². The lowest BCUT2D eigenvalue weighted by molar-refractivity contribution is 0.320. The molecule has 0 atom stereocenters. The van der Waals surface area contributed by atoms with Crippen molar-refractivity contribution in [3.8, 4) is 0 Å². The summed E-state index contributed by atoms with van der Waals surface area (Å²) in [6.45, 7) is 6.85. The van der Waals surface area contributed by atoms with Crippen LogP contribution in [0.1, 0.15) is 40.0 Å². The van der Waals surface area contributed by atoms with E-state index in [-0.39, 0.29) is 0 Å². The van der Waals surface area contributed by atoms with Crippen LogP contribution in [0.4, 0.5) is 0 Å². The van der Waals surface area contributed by atoms with Crippen LogP contribution in [-0.4, -0.2) is 5.75 Å². The first-order valence-electron chi connectivity index (χ1n) is 3.70. The molecule has 0 saturated carbocycles. The Kier molecular flexibility index (Phi) is 4.37. The SMILES string of the molecule is CCC(C)(C)CCC[S]. The Hall–Kier alpha value is 0.350. The van der Waals surface area contributed by atoms with E-state index in [2.05, 4.69) is 20.8 Å². The lowest BCUT2D eigenvalue weighted by Gasteiger charge is -2.21. The Balaban J connectivity index is 3.33. The molecule has 0 heterocycles. The molecular weight excluding hydrogens is 128 g/mol. The smallest absolute Gasteiger partial charge is 0.00371 e. The Morgan fingerprint density at radius 1 is 1.33 bits per heavy atom. The molecule has 1 radical (unpaired) electrons. The highest BCUT2D eigenvalue weighted by Gasteiger charge is 2.12. The van der Waals surface area contributed by atoms with Gasteiger partial charge in [0, 0.05) is 5.75 Å². The second kappa shape index (κ2) is 4.21. The Morgan fingerprint density at radius 3 is 2.22 bits per heavy atom. The molecule has 0 unspecified atom stereocenters. The van der Waals surface area contributed by atoms with Gasteiger partial charge in [-0.05, 0) is 18.3 Å². The van der Waals surface area contributed by atoms with Crippen LogP contribution in [0.3, 0.4) is 0 Å². The summed E-state index contributed by atoms with van der Waals surface area (Å²) in [7, 11) is 0. The van der Waals surface area contributed by atoms with Crippen molar-refractivity contribution in [3.63, 3.8) is 0 Å². The zero-order valence-corrected chi connectivity index (χ0v) is 7.55. The van der Waals surface area contributed by atoms with E-state index in [9.17, 15) is 0 Å². The molecule has 0 saturated heterocycles. The van der Waals surface area contributed by atoms with Crippen LogP contribution in [0, 0.1) is 5.41 Å². The molecule has 0 aliphatic heterocycles. The maximum absolute atomic E-state index is 4.87. The van der Waals surface area contributed by atoms with Gasteiger partial charge in [-0.15, -0.1) is 0 Å². The summed E-state index contributed by atoms with van der Waals surface area (Å²) in [4.78, 5) is 0. The third-order valence-corrected chi connectivity index (χ3v) is 2.24. The van der Waals surface area contributed by atoms with Crippen molar-refractivity contribution in [3.05, 3.63) is 0 Å². The molecule has 55 valence electrons. The maximum Gasteiger partial charge on any atom is 0.00371 e. The fourth-order valence-corrected chi connectivity index (χ4v) is 0.872. The van der Waals surface area contributed by atoms with Crippen molar-refractivity contribution < 1.29 is 0 Å². The fraction of sp³-hybridized carbons (Fsp3) is 1.00. The maximum atomic E-state index is 4.87. The lowest BCUT2D eigenvalue weighted by Crippen LogP contribution is -2.08. The highest BCUT2D eigenvalue weighted by atomic mass is 32.1. The first kappa shape index (κ1) is 9.35. The van der Waals surface area contributed by atoms with Crippen LogP contribution in [-0.2, 0) is 0 Å². The van der Waals surface area contributed by atoms with Crippen molar-refractivity contribution in [2.75, 3.05) is 5.75 Å². The largest absolute Gasteiger partial charge is 0.0942 e. The molecule has 9 heavy (non-hydrogen) atoms. The standard InChI is InChI=1S/C8H17S/c1-4-8(2,3)6-5-7-9/h4-7H2,1-3H3. The minimum Gasteiger partial charge on any atom is -0.0942 e. The predicted molar refractivity (Wildman–Crippen MR) is 45.8 cm³/mol. The highest BCUT2D eigenvalue weighted by molar-refractivity contribution is 7.80. The van der Waals surface area contributed by atoms with Gasteiger partial charge in [0.2, 0.25) is 0 Å². The van der Waals surface area contributed by atoms with Gasteiger partial charge in [0.1, 0.15) is 0 Å². The van der Waals surface area contributed by atoms with Crippen molar-refractivity contribution >= 4 is 12.6 Å². The Bertz CT molecular complexity index is 67.0. The van der Waals surface area contributed by atoms with Crippen molar-refractivity contribution in [1.29, 1.82) is 0 Å². The predicted octanol–water partition coefficient (Wildman–Crippen LogP) is 3.40. The molecule has 0 amide bonds. The lowest BCUT2D eigenvalue weighted by atomic mass is 9.86. The molecule has 0 aliphatic carbocycles. The van der Waals surface area contributed by atoms with Gasteiger partial charge in [-0.25, -0.2) is 0 Å². The molecule has 0 aromatic carbocycles. The molecule has 0 aromatic heterocycles. The fourth-order valence-electron chi connectivity index (χ4n) is 0.727. The molecule has 1 heteroatoms. The molecule has 0 aliphatic rings. The Labute approximate surface area is 64.4 Å². The van der Waals surface area contributed by atoms with Gasteiger partial charge in [0.15, 0.2) is 0 Å². The topological polar surface area (TPSA) is 0 Å². The van der Waals surface area contributed by atoms with Crippen LogP contribution in [0.5, 0.6) is 0 Å². The number of hydrogen-bond donors (Lipinski definition) is 0. The van der Waals surface area contributed by atoms with Crippen LogP contribution < -0.4 is 0 Å². The summed E-state index contributed by atoms with van der Waals surface area (Å²) in [6, 6.07) is 0. The first-order valence-corrected chi connectivity index (χ1v) is 4.28. The average molecular weight is 145 g/mol. The summed E-state index contributed by atoms with van der Waals surface area (Å²) in [5, 5.41) is 0. The quantitative estimate of drug-likeness (QED) is 0.568. The first-order chi connectivity index (χ1) is 4.12. The van der Waals surface area contributed by atoms with Crippen LogP contribution in [0.25, 0.3) is 0 Å². The van der Waals surface area contributed by atoms with Crippen molar-refractivity contribution in [1.82, 2.24) is 0 Å². The normalized spacial score (nSPS) is 12.0. The average Bonchev–Trinajstić information content (AvgIpc) is 1.84. The van der Waals surface area contributed by atoms with Gasteiger partial charge in [-0.1, -0.05) is 39.8 Å². The summed E-state index contributed by atoms with van der Waals surface area (Å²) in [5.41, 5.74) is 0.527. The third-order valence-electron chi connectivity index (χ3n) is 1.95. The minimum atomic E-state index is 0.527. The molecule has 0 spiro atoms. The van der Waals surface area contributed by atoms with Crippen LogP contribution in [0.15, 0.2) is 0 Å². The van der Waals surface area contributed by atoms with Gasteiger partial charge in [-0.2, -0.15) is 0 Å². The van der Waals surface area contributed by atoms with E-state index < -0.39 is 0 Å². The molecular formula is C8H17S. The second-order valence-corrected chi connectivity index (χ2v) is 3.73. The highest BCUT2D eigenvalue weighted by Crippen LogP contribution is 2.25. The van der Waals surface area contributed by atoms with Gasteiger partial charge in [0.05, 0.1) is 0 Å². The zero-order valence-electron chi connectivity index (χ0n) is 6.74. The summed E-state index contributed by atoms with van der Waals surface area (Å²) in [5.74, 6) is 0.920. The van der Waals surface area contributed by atoms with Crippen molar-refractivity contribution in [2.45, 2.75) is 40.0 Å². The number of rotatable bonds is 4. The van der Waals surface area contributed by atoms with E-state index in [0.29, 0.717) is 5.41 Å². The molecule has 0 bridgehead atoms. The minimum absolute atomic E-state index is 0.527. The van der Waals surface area contributed by atoms with Gasteiger partial charge >= 0.3 is 0 Å². The summed E-state index contributed by atoms with van der Waals surface area (Å²) < 4.78 is 0.